The summed E-state index contributed by atoms with van der Waals surface area (Å²) in [5, 5.41) is 4.17. The van der Waals surface area contributed by atoms with Gasteiger partial charge in [-0.2, -0.15) is 5.10 Å². The number of carbonyl (C=O) groups is 1. The van der Waals surface area contributed by atoms with Gasteiger partial charge in [0.25, 0.3) is 0 Å². The highest BCUT2D eigenvalue weighted by Crippen LogP contribution is 2.23. The van der Waals surface area contributed by atoms with E-state index in [1.807, 2.05) is 9.58 Å². The van der Waals surface area contributed by atoms with E-state index in [4.69, 9.17) is 4.74 Å². The summed E-state index contributed by atoms with van der Waals surface area (Å²) in [7, 11) is 0. The predicted octanol–water partition coefficient (Wildman–Crippen LogP) is 0.478. The van der Waals surface area contributed by atoms with Gasteiger partial charge in [-0.1, -0.05) is 0 Å². The normalized spacial score (nSPS) is 28.6. The topological polar surface area (TPSA) is 60.2 Å². The van der Waals surface area contributed by atoms with E-state index in [-0.39, 0.29) is 17.9 Å². The number of hydrogen-bond donors (Lipinski definition) is 0. The summed E-state index contributed by atoms with van der Waals surface area (Å²) in [4.78, 5) is 18.3. The highest BCUT2D eigenvalue weighted by atomic mass is 16.5. The van der Waals surface area contributed by atoms with Crippen molar-refractivity contribution in [3.8, 4) is 0 Å². The van der Waals surface area contributed by atoms with Crippen molar-refractivity contribution in [2.24, 2.45) is 5.92 Å². The van der Waals surface area contributed by atoms with Crippen LogP contribution in [0.2, 0.25) is 0 Å². The Bertz CT molecular complexity index is 400. The van der Waals surface area contributed by atoms with Crippen LogP contribution in [0.1, 0.15) is 25.3 Å². The van der Waals surface area contributed by atoms with Crippen molar-refractivity contribution in [1.82, 2.24) is 19.7 Å². The van der Waals surface area contributed by atoms with Gasteiger partial charge in [-0.05, 0) is 19.3 Å². The van der Waals surface area contributed by atoms with Gasteiger partial charge in [0.1, 0.15) is 12.7 Å². The SMILES string of the molecule is O=C([C@@H]1CCOC1)N1CCC[C@H](n2cncn2)C1. The lowest BCUT2D eigenvalue weighted by Gasteiger charge is -2.33. The summed E-state index contributed by atoms with van der Waals surface area (Å²) in [6, 6.07) is 0.271. The Balaban J connectivity index is 1.64. The van der Waals surface area contributed by atoms with Crippen LogP contribution in [0.4, 0.5) is 0 Å². The zero-order chi connectivity index (χ0) is 12.4. The molecule has 0 unspecified atom stereocenters. The van der Waals surface area contributed by atoms with E-state index in [1.165, 1.54) is 0 Å². The van der Waals surface area contributed by atoms with Crippen LogP contribution in [0.15, 0.2) is 12.7 Å². The highest BCUT2D eigenvalue weighted by molar-refractivity contribution is 5.79. The first kappa shape index (κ1) is 11.6. The van der Waals surface area contributed by atoms with E-state index in [0.29, 0.717) is 6.61 Å². The molecule has 3 heterocycles. The summed E-state index contributed by atoms with van der Waals surface area (Å²) in [5.74, 6) is 0.316. The fourth-order valence-corrected chi connectivity index (χ4v) is 2.76. The van der Waals surface area contributed by atoms with Crippen molar-refractivity contribution in [3.05, 3.63) is 12.7 Å². The average molecular weight is 250 g/mol. The third-order valence-electron chi connectivity index (χ3n) is 3.80. The number of ether oxygens (including phenoxy) is 1. The fraction of sp³-hybridized carbons (Fsp3) is 0.750. The molecular weight excluding hydrogens is 232 g/mol. The number of carbonyl (C=O) groups excluding carboxylic acids is 1. The second-order valence-corrected chi connectivity index (χ2v) is 5.02. The Morgan fingerprint density at radius 3 is 3.06 bits per heavy atom. The molecule has 2 aliphatic heterocycles. The Morgan fingerprint density at radius 2 is 2.33 bits per heavy atom. The number of rotatable bonds is 2. The maximum atomic E-state index is 12.3. The van der Waals surface area contributed by atoms with Crippen LogP contribution in [-0.4, -0.2) is 51.9 Å². The summed E-state index contributed by atoms with van der Waals surface area (Å²) < 4.78 is 7.16. The Kier molecular flexibility index (Phi) is 3.27. The molecule has 2 aliphatic rings. The zero-order valence-electron chi connectivity index (χ0n) is 10.4. The Hall–Kier alpha value is -1.43. The second-order valence-electron chi connectivity index (χ2n) is 5.02. The molecule has 0 aliphatic carbocycles. The molecule has 2 atom stereocenters. The molecule has 0 bridgehead atoms. The van der Waals surface area contributed by atoms with Crippen LogP contribution in [0, 0.1) is 5.92 Å². The van der Waals surface area contributed by atoms with Gasteiger partial charge in [-0.3, -0.25) is 4.79 Å². The molecule has 2 fully saturated rings. The van der Waals surface area contributed by atoms with Gasteiger partial charge in [0.2, 0.25) is 5.91 Å². The summed E-state index contributed by atoms with van der Waals surface area (Å²) in [6.07, 6.45) is 6.24. The van der Waals surface area contributed by atoms with Crippen LogP contribution in [-0.2, 0) is 9.53 Å². The number of hydrogen-bond acceptors (Lipinski definition) is 4. The van der Waals surface area contributed by atoms with Gasteiger partial charge in [0, 0.05) is 19.7 Å². The molecule has 6 heteroatoms. The predicted molar refractivity (Wildman–Crippen MR) is 63.8 cm³/mol. The number of nitrogens with zero attached hydrogens (tertiary/aromatic N) is 4. The quantitative estimate of drug-likeness (QED) is 0.766. The zero-order valence-corrected chi connectivity index (χ0v) is 10.4. The van der Waals surface area contributed by atoms with Crippen LogP contribution >= 0.6 is 0 Å². The first-order valence-electron chi connectivity index (χ1n) is 6.55. The first-order chi connectivity index (χ1) is 8.84. The molecule has 2 saturated heterocycles. The van der Waals surface area contributed by atoms with Gasteiger partial charge in [-0.25, -0.2) is 9.67 Å². The van der Waals surface area contributed by atoms with Crippen molar-refractivity contribution in [2.45, 2.75) is 25.3 Å². The molecule has 1 aromatic heterocycles. The number of amides is 1. The average Bonchev–Trinajstić information content (AvgIpc) is 3.11. The highest BCUT2D eigenvalue weighted by Gasteiger charge is 2.31. The van der Waals surface area contributed by atoms with Crippen molar-refractivity contribution in [1.29, 1.82) is 0 Å². The van der Waals surface area contributed by atoms with E-state index in [1.54, 1.807) is 12.7 Å². The van der Waals surface area contributed by atoms with Crippen molar-refractivity contribution in [2.75, 3.05) is 26.3 Å². The fourth-order valence-electron chi connectivity index (χ4n) is 2.76. The molecule has 0 radical (unpaired) electrons. The van der Waals surface area contributed by atoms with E-state index in [0.717, 1.165) is 39.0 Å². The maximum Gasteiger partial charge on any atom is 0.228 e. The summed E-state index contributed by atoms with van der Waals surface area (Å²) >= 11 is 0. The van der Waals surface area contributed by atoms with Crippen LogP contribution < -0.4 is 0 Å². The first-order valence-corrected chi connectivity index (χ1v) is 6.55. The van der Waals surface area contributed by atoms with E-state index in [9.17, 15) is 4.79 Å². The second kappa shape index (κ2) is 5.06. The van der Waals surface area contributed by atoms with E-state index < -0.39 is 0 Å². The Morgan fingerprint density at radius 1 is 1.39 bits per heavy atom. The Labute approximate surface area is 106 Å². The maximum absolute atomic E-state index is 12.3. The lowest BCUT2D eigenvalue weighted by Crippen LogP contribution is -2.43. The molecule has 1 amide bonds. The van der Waals surface area contributed by atoms with Gasteiger partial charge in [0.15, 0.2) is 0 Å². The molecule has 0 aromatic carbocycles. The number of piperidine rings is 1. The molecule has 0 saturated carbocycles. The smallest absolute Gasteiger partial charge is 0.228 e. The lowest BCUT2D eigenvalue weighted by molar-refractivity contribution is -0.137. The summed E-state index contributed by atoms with van der Waals surface area (Å²) in [6.45, 7) is 2.92. The van der Waals surface area contributed by atoms with Crippen molar-refractivity contribution < 1.29 is 9.53 Å². The number of likely N-dealkylation sites (tertiary alicyclic amines) is 1. The summed E-state index contributed by atoms with van der Waals surface area (Å²) in [5.41, 5.74) is 0. The monoisotopic (exact) mass is 250 g/mol. The minimum Gasteiger partial charge on any atom is -0.381 e. The van der Waals surface area contributed by atoms with Gasteiger partial charge in [-0.15, -0.1) is 0 Å². The third kappa shape index (κ3) is 2.25. The molecule has 0 spiro atoms. The van der Waals surface area contributed by atoms with Gasteiger partial charge >= 0.3 is 0 Å². The van der Waals surface area contributed by atoms with Crippen LogP contribution in [0.25, 0.3) is 0 Å². The van der Waals surface area contributed by atoms with Crippen LogP contribution in [0.3, 0.4) is 0 Å². The lowest BCUT2D eigenvalue weighted by atomic mass is 10.0. The minimum absolute atomic E-state index is 0.0690. The molecule has 1 aromatic rings. The largest absolute Gasteiger partial charge is 0.381 e. The molecule has 0 N–H and O–H groups in total. The minimum atomic E-state index is 0.0690. The molecule has 18 heavy (non-hydrogen) atoms. The third-order valence-corrected chi connectivity index (χ3v) is 3.80. The van der Waals surface area contributed by atoms with Crippen molar-refractivity contribution >= 4 is 5.91 Å². The molecular formula is C12H18N4O2. The van der Waals surface area contributed by atoms with Crippen LogP contribution in [0.5, 0.6) is 0 Å². The van der Waals surface area contributed by atoms with Gasteiger partial charge in [0.05, 0.1) is 18.6 Å². The molecule has 98 valence electrons. The number of aromatic nitrogens is 3. The molecule has 6 nitrogen and oxygen atoms in total. The standard InChI is InChI=1S/C12H18N4O2/c17-12(10-3-5-18-7-10)15-4-1-2-11(6-15)16-9-13-8-14-16/h8-11H,1-7H2/t10-,11+/m1/s1. The van der Waals surface area contributed by atoms with E-state index >= 15 is 0 Å². The van der Waals surface area contributed by atoms with E-state index in [2.05, 4.69) is 10.1 Å². The van der Waals surface area contributed by atoms with Crippen molar-refractivity contribution in [3.63, 3.8) is 0 Å². The van der Waals surface area contributed by atoms with Gasteiger partial charge < -0.3 is 9.64 Å². The molecule has 3 rings (SSSR count).